The van der Waals surface area contributed by atoms with E-state index in [9.17, 15) is 20.0 Å². The van der Waals surface area contributed by atoms with Crippen LogP contribution in [0.2, 0.25) is 0 Å². The Morgan fingerprint density at radius 1 is 1.71 bits per heavy atom. The summed E-state index contributed by atoms with van der Waals surface area (Å²) >= 11 is 0. The molecule has 2 atom stereocenters. The van der Waals surface area contributed by atoms with Gasteiger partial charge in [-0.25, -0.2) is 0 Å². The number of nitrogens with two attached hydrogens (primary N) is 1. The Bertz CT molecular complexity index is 344. The fourth-order valence-corrected chi connectivity index (χ4v) is 1.07. The molecule has 4 N–H and O–H groups in total. The Morgan fingerprint density at radius 2 is 2.29 bits per heavy atom. The molecular formula is C7H8N2O5. The summed E-state index contributed by atoms with van der Waals surface area (Å²) in [6.45, 7) is 0. The van der Waals surface area contributed by atoms with Gasteiger partial charge in [-0.15, -0.1) is 0 Å². The van der Waals surface area contributed by atoms with Crippen LogP contribution >= 0.6 is 0 Å². The zero-order valence-corrected chi connectivity index (χ0v) is 6.95. The second-order valence-corrected chi connectivity index (χ2v) is 2.89. The molecule has 0 saturated carbocycles. The molecule has 0 fully saturated rings. The first-order chi connectivity index (χ1) is 6.34. The minimum absolute atomic E-state index is 0.396. The minimum Gasteiger partial charge on any atom is -0.481 e. The van der Waals surface area contributed by atoms with E-state index in [4.69, 9.17) is 10.8 Å². The molecule has 0 amide bonds. The van der Waals surface area contributed by atoms with Crippen LogP contribution in [-0.2, 0) is 4.79 Å². The molecule has 14 heavy (non-hydrogen) atoms. The molecule has 0 bridgehead atoms. The summed E-state index contributed by atoms with van der Waals surface area (Å²) in [5.74, 6) is -2.92. The number of aliphatic hydroxyl groups is 1. The zero-order valence-electron chi connectivity index (χ0n) is 6.95. The van der Waals surface area contributed by atoms with Crippen molar-refractivity contribution in [1.82, 2.24) is 0 Å². The number of carboxylic acid groups (broad SMARTS) is 1. The highest BCUT2D eigenvalue weighted by Gasteiger charge is 2.39. The summed E-state index contributed by atoms with van der Waals surface area (Å²) in [7, 11) is 0. The van der Waals surface area contributed by atoms with E-state index in [1.54, 1.807) is 0 Å². The number of carbonyl (C=O) groups is 1. The Morgan fingerprint density at radius 3 is 2.71 bits per heavy atom. The van der Waals surface area contributed by atoms with Crippen molar-refractivity contribution in [2.75, 3.05) is 0 Å². The van der Waals surface area contributed by atoms with Crippen LogP contribution in [0, 0.1) is 16.0 Å². The number of nitrogens with zero attached hydrogens (tertiary/aromatic N) is 1. The molecule has 0 radical (unpaired) electrons. The van der Waals surface area contributed by atoms with Crippen LogP contribution < -0.4 is 5.73 Å². The fourth-order valence-electron chi connectivity index (χ4n) is 1.07. The smallest absolute Gasteiger partial charge is 0.315 e. The van der Waals surface area contributed by atoms with Gasteiger partial charge in [-0.05, 0) is 6.08 Å². The molecule has 0 aromatic rings. The van der Waals surface area contributed by atoms with Gasteiger partial charge < -0.3 is 10.2 Å². The van der Waals surface area contributed by atoms with E-state index in [-0.39, 0.29) is 0 Å². The van der Waals surface area contributed by atoms with Crippen molar-refractivity contribution in [2.24, 2.45) is 11.7 Å². The van der Waals surface area contributed by atoms with Crippen molar-refractivity contribution >= 4 is 5.97 Å². The molecular weight excluding hydrogens is 192 g/mol. The molecule has 1 rings (SSSR count). The summed E-state index contributed by atoms with van der Waals surface area (Å²) in [6.07, 6.45) is 2.67. The Kier molecular flexibility index (Phi) is 2.37. The molecule has 1 aliphatic rings. The highest BCUT2D eigenvalue weighted by atomic mass is 16.6. The van der Waals surface area contributed by atoms with Crippen LogP contribution in [0.1, 0.15) is 0 Å². The Balaban J connectivity index is 3.07. The van der Waals surface area contributed by atoms with E-state index < -0.39 is 28.2 Å². The lowest BCUT2D eigenvalue weighted by Gasteiger charge is -2.25. The number of carboxylic acids is 1. The summed E-state index contributed by atoms with van der Waals surface area (Å²) < 4.78 is 0. The molecule has 7 heteroatoms. The average molecular weight is 200 g/mol. The minimum atomic E-state index is -2.08. The van der Waals surface area contributed by atoms with Crippen LogP contribution in [-0.4, -0.2) is 26.8 Å². The zero-order chi connectivity index (χ0) is 10.9. The second kappa shape index (κ2) is 3.20. The van der Waals surface area contributed by atoms with Gasteiger partial charge in [0, 0.05) is 12.2 Å². The largest absolute Gasteiger partial charge is 0.481 e. The SMILES string of the molecule is N[C@@]1(O)C=CC([N+](=O)[O-])=C[C@@H]1C(=O)O. The van der Waals surface area contributed by atoms with Gasteiger partial charge in [0.1, 0.15) is 11.6 Å². The Labute approximate surface area is 78.3 Å². The van der Waals surface area contributed by atoms with E-state index in [1.165, 1.54) is 0 Å². The van der Waals surface area contributed by atoms with Gasteiger partial charge >= 0.3 is 5.97 Å². The molecule has 0 heterocycles. The van der Waals surface area contributed by atoms with Crippen molar-refractivity contribution in [3.05, 3.63) is 34.0 Å². The maximum absolute atomic E-state index is 10.6. The van der Waals surface area contributed by atoms with Crippen molar-refractivity contribution < 1.29 is 19.9 Å². The van der Waals surface area contributed by atoms with Crippen molar-refractivity contribution in [1.29, 1.82) is 0 Å². The molecule has 0 unspecified atom stereocenters. The number of rotatable bonds is 2. The second-order valence-electron chi connectivity index (χ2n) is 2.89. The fraction of sp³-hybridized carbons (Fsp3) is 0.286. The maximum Gasteiger partial charge on any atom is 0.315 e. The first kappa shape index (κ1) is 10.4. The number of hydrogen-bond acceptors (Lipinski definition) is 5. The summed E-state index contributed by atoms with van der Waals surface area (Å²) in [6, 6.07) is 0. The summed E-state index contributed by atoms with van der Waals surface area (Å²) in [4.78, 5) is 20.2. The van der Waals surface area contributed by atoms with Crippen molar-refractivity contribution in [2.45, 2.75) is 5.72 Å². The first-order valence-electron chi connectivity index (χ1n) is 3.64. The van der Waals surface area contributed by atoms with Gasteiger partial charge in [-0.3, -0.25) is 20.6 Å². The third kappa shape index (κ3) is 1.78. The topological polar surface area (TPSA) is 127 Å². The molecule has 76 valence electrons. The molecule has 0 saturated heterocycles. The predicted octanol–water partition coefficient (Wildman–Crippen LogP) is -0.935. The van der Waals surface area contributed by atoms with Crippen molar-refractivity contribution in [3.8, 4) is 0 Å². The maximum atomic E-state index is 10.6. The monoisotopic (exact) mass is 200 g/mol. The summed E-state index contributed by atoms with van der Waals surface area (Å²) in [5.41, 5.74) is 2.73. The summed E-state index contributed by atoms with van der Waals surface area (Å²) in [5, 5.41) is 28.3. The molecule has 0 aliphatic heterocycles. The molecule has 0 aromatic carbocycles. The lowest BCUT2D eigenvalue weighted by molar-refractivity contribution is -0.420. The van der Waals surface area contributed by atoms with E-state index in [2.05, 4.69) is 0 Å². The standard InChI is InChI=1S/C7H8N2O5/c8-7(12)2-1-4(9(13)14)3-5(7)6(10)11/h1-3,5,12H,8H2,(H,10,11)/t5-,7-/m1/s1. The van der Waals surface area contributed by atoms with Crippen LogP contribution in [0.15, 0.2) is 23.9 Å². The number of allylic oxidation sites excluding steroid dienone is 1. The van der Waals surface area contributed by atoms with E-state index >= 15 is 0 Å². The van der Waals surface area contributed by atoms with Crippen LogP contribution in [0.3, 0.4) is 0 Å². The van der Waals surface area contributed by atoms with Gasteiger partial charge in [-0.2, -0.15) is 0 Å². The average Bonchev–Trinajstić information content (AvgIpc) is 2.02. The third-order valence-electron chi connectivity index (χ3n) is 1.83. The number of hydrogen-bond donors (Lipinski definition) is 3. The van der Waals surface area contributed by atoms with Gasteiger partial charge in [0.05, 0.1) is 4.92 Å². The van der Waals surface area contributed by atoms with E-state index in [0.717, 1.165) is 18.2 Å². The van der Waals surface area contributed by atoms with E-state index in [0.29, 0.717) is 0 Å². The van der Waals surface area contributed by atoms with Crippen LogP contribution in [0.5, 0.6) is 0 Å². The molecule has 0 aromatic heterocycles. The Hall–Kier alpha value is -1.73. The van der Waals surface area contributed by atoms with Gasteiger partial charge in [-0.1, -0.05) is 0 Å². The quantitative estimate of drug-likeness (QED) is 0.300. The highest BCUT2D eigenvalue weighted by molar-refractivity contribution is 5.75. The molecule has 7 nitrogen and oxygen atoms in total. The van der Waals surface area contributed by atoms with Gasteiger partial charge in [0.25, 0.3) is 5.70 Å². The van der Waals surface area contributed by atoms with Crippen molar-refractivity contribution in [3.63, 3.8) is 0 Å². The highest BCUT2D eigenvalue weighted by Crippen LogP contribution is 2.23. The molecule has 1 aliphatic carbocycles. The third-order valence-corrected chi connectivity index (χ3v) is 1.83. The molecule has 0 spiro atoms. The lowest BCUT2D eigenvalue weighted by atomic mass is 9.91. The normalized spacial score (nSPS) is 31.0. The first-order valence-corrected chi connectivity index (χ1v) is 3.64. The van der Waals surface area contributed by atoms with E-state index in [1.807, 2.05) is 0 Å². The van der Waals surface area contributed by atoms with Gasteiger partial charge in [0.15, 0.2) is 0 Å². The lowest BCUT2D eigenvalue weighted by Crippen LogP contribution is -2.49. The van der Waals surface area contributed by atoms with Crippen LogP contribution in [0.25, 0.3) is 0 Å². The van der Waals surface area contributed by atoms with Gasteiger partial charge in [0.2, 0.25) is 0 Å². The number of nitro groups is 1. The predicted molar refractivity (Wildman–Crippen MR) is 44.5 cm³/mol. The number of aliphatic carboxylic acids is 1. The van der Waals surface area contributed by atoms with Crippen LogP contribution in [0.4, 0.5) is 0 Å².